The van der Waals surface area contributed by atoms with Gasteiger partial charge in [-0.05, 0) is 43.3 Å². The summed E-state index contributed by atoms with van der Waals surface area (Å²) in [5.74, 6) is -2.03. The van der Waals surface area contributed by atoms with Crippen LogP contribution in [0.1, 0.15) is 29.8 Å². The van der Waals surface area contributed by atoms with Crippen molar-refractivity contribution >= 4 is 33.4 Å². The van der Waals surface area contributed by atoms with E-state index in [-0.39, 0.29) is 16.1 Å². The number of carbonyl (C=O) groups excluding carboxylic acids is 3. The number of amides is 3. The number of alkyl halides is 3. The number of hydrogen-bond acceptors (Lipinski definition) is 5. The fourth-order valence-corrected chi connectivity index (χ4v) is 3.54. The van der Waals surface area contributed by atoms with E-state index in [4.69, 9.17) is 0 Å². The number of anilines is 1. The summed E-state index contributed by atoms with van der Waals surface area (Å²) in [6.07, 6.45) is -4.65. The van der Waals surface area contributed by atoms with E-state index in [1.807, 2.05) is 4.72 Å². The number of carbonyl (C=O) groups is 3. The van der Waals surface area contributed by atoms with E-state index in [9.17, 15) is 36.0 Å². The predicted molar refractivity (Wildman–Crippen MR) is 108 cm³/mol. The Balaban J connectivity index is 2.13. The van der Waals surface area contributed by atoms with E-state index in [0.29, 0.717) is 6.07 Å². The van der Waals surface area contributed by atoms with Gasteiger partial charge in [0, 0.05) is 18.2 Å². The molecule has 0 aromatic heterocycles. The van der Waals surface area contributed by atoms with Gasteiger partial charge in [0.05, 0.1) is 10.5 Å². The highest BCUT2D eigenvalue weighted by molar-refractivity contribution is 7.92. The fourth-order valence-electron chi connectivity index (χ4n) is 2.45. The third kappa shape index (κ3) is 6.70. The summed E-state index contributed by atoms with van der Waals surface area (Å²) in [4.78, 5) is 34.6. The topological polar surface area (TPSA) is 133 Å². The van der Waals surface area contributed by atoms with Crippen LogP contribution in [0.2, 0.25) is 0 Å². The van der Waals surface area contributed by atoms with Gasteiger partial charge in [0.1, 0.15) is 6.04 Å². The summed E-state index contributed by atoms with van der Waals surface area (Å²) in [7, 11) is -4.32. The second kappa shape index (κ2) is 9.68. The van der Waals surface area contributed by atoms with Crippen molar-refractivity contribution in [1.82, 2.24) is 16.2 Å². The Bertz CT molecular complexity index is 1140. The van der Waals surface area contributed by atoms with Crippen LogP contribution in [0, 0.1) is 0 Å². The van der Waals surface area contributed by atoms with Crippen LogP contribution in [0.3, 0.4) is 0 Å². The zero-order valence-corrected chi connectivity index (χ0v) is 17.6. The Morgan fingerprint density at radius 3 is 2.25 bits per heavy atom. The van der Waals surface area contributed by atoms with Gasteiger partial charge in [0.2, 0.25) is 5.91 Å². The molecule has 32 heavy (non-hydrogen) atoms. The molecule has 0 spiro atoms. The summed E-state index contributed by atoms with van der Waals surface area (Å²) in [6.45, 7) is 2.59. The molecule has 13 heteroatoms. The Morgan fingerprint density at radius 2 is 1.62 bits per heavy atom. The minimum absolute atomic E-state index is 0.149. The summed E-state index contributed by atoms with van der Waals surface area (Å²) >= 11 is 0. The molecule has 172 valence electrons. The first-order valence-corrected chi connectivity index (χ1v) is 10.5. The van der Waals surface area contributed by atoms with Gasteiger partial charge in [-0.3, -0.25) is 30.0 Å². The first kappa shape index (κ1) is 24.7. The molecule has 2 rings (SSSR count). The monoisotopic (exact) mass is 472 g/mol. The average molecular weight is 472 g/mol. The molecule has 9 nitrogen and oxygen atoms in total. The second-order valence-corrected chi connectivity index (χ2v) is 8.26. The van der Waals surface area contributed by atoms with Crippen LogP contribution in [-0.4, -0.2) is 32.2 Å². The van der Waals surface area contributed by atoms with E-state index in [1.54, 1.807) is 0 Å². The lowest BCUT2D eigenvalue weighted by atomic mass is 10.2. The van der Waals surface area contributed by atoms with Crippen LogP contribution in [0.4, 0.5) is 18.9 Å². The summed E-state index contributed by atoms with van der Waals surface area (Å²) in [5, 5.41) is 2.31. The number of nitrogens with one attached hydrogen (secondary N) is 4. The highest BCUT2D eigenvalue weighted by atomic mass is 32.2. The van der Waals surface area contributed by atoms with E-state index in [2.05, 4.69) is 16.2 Å². The quantitative estimate of drug-likeness (QED) is 0.476. The Kier molecular flexibility index (Phi) is 7.46. The molecule has 2 aromatic rings. The number of rotatable bonds is 6. The highest BCUT2D eigenvalue weighted by Crippen LogP contribution is 2.31. The van der Waals surface area contributed by atoms with Crippen molar-refractivity contribution in [2.75, 3.05) is 4.72 Å². The molecule has 0 saturated carbocycles. The maximum absolute atomic E-state index is 12.8. The summed E-state index contributed by atoms with van der Waals surface area (Å²) in [5.41, 5.74) is 2.66. The van der Waals surface area contributed by atoms with Crippen molar-refractivity contribution in [3.63, 3.8) is 0 Å². The van der Waals surface area contributed by atoms with Crippen molar-refractivity contribution in [3.05, 3.63) is 59.7 Å². The van der Waals surface area contributed by atoms with E-state index < -0.39 is 45.5 Å². The molecule has 4 N–H and O–H groups in total. The van der Waals surface area contributed by atoms with Crippen molar-refractivity contribution in [1.29, 1.82) is 0 Å². The van der Waals surface area contributed by atoms with Crippen LogP contribution >= 0.6 is 0 Å². The molecular weight excluding hydrogens is 453 g/mol. The van der Waals surface area contributed by atoms with Gasteiger partial charge < -0.3 is 5.32 Å². The second-order valence-electron chi connectivity index (χ2n) is 6.58. The van der Waals surface area contributed by atoms with Gasteiger partial charge in [-0.2, -0.15) is 13.2 Å². The maximum Gasteiger partial charge on any atom is 0.416 e. The molecule has 0 radical (unpaired) electrons. The minimum atomic E-state index is -4.65. The molecule has 0 aliphatic carbocycles. The smallest absolute Gasteiger partial charge is 0.345 e. The molecule has 0 fully saturated rings. The third-order valence-electron chi connectivity index (χ3n) is 3.96. The number of benzene rings is 2. The van der Waals surface area contributed by atoms with Gasteiger partial charge >= 0.3 is 6.18 Å². The number of hydrazine groups is 1. The molecule has 0 bridgehead atoms. The van der Waals surface area contributed by atoms with E-state index in [0.717, 1.165) is 30.3 Å². The van der Waals surface area contributed by atoms with Crippen LogP contribution < -0.4 is 20.9 Å². The third-order valence-corrected chi connectivity index (χ3v) is 5.34. The molecule has 0 heterocycles. The molecule has 1 unspecified atom stereocenters. The summed E-state index contributed by atoms with van der Waals surface area (Å²) in [6, 6.07) is 7.34. The van der Waals surface area contributed by atoms with Crippen LogP contribution in [0.25, 0.3) is 0 Å². The lowest BCUT2D eigenvalue weighted by Crippen LogP contribution is -2.50. The van der Waals surface area contributed by atoms with E-state index >= 15 is 0 Å². The van der Waals surface area contributed by atoms with Crippen molar-refractivity contribution < 1.29 is 36.0 Å². The van der Waals surface area contributed by atoms with E-state index in [1.165, 1.54) is 26.0 Å². The molecular formula is C19H19F3N4O5S. The lowest BCUT2D eigenvalue weighted by Gasteiger charge is -2.14. The van der Waals surface area contributed by atoms with Gasteiger partial charge in [-0.25, -0.2) is 8.42 Å². The number of sulfonamides is 1. The van der Waals surface area contributed by atoms with Crippen LogP contribution in [-0.2, 0) is 25.8 Å². The van der Waals surface area contributed by atoms with Gasteiger partial charge in [-0.15, -0.1) is 0 Å². The zero-order valence-electron chi connectivity index (χ0n) is 16.8. The van der Waals surface area contributed by atoms with Gasteiger partial charge in [-0.1, -0.05) is 12.1 Å². The Labute approximate surface area is 181 Å². The fraction of sp³-hybridized carbons (Fsp3) is 0.211. The lowest BCUT2D eigenvalue weighted by molar-refractivity contribution is -0.137. The zero-order chi connectivity index (χ0) is 24.1. The summed E-state index contributed by atoms with van der Waals surface area (Å²) < 4.78 is 65.7. The first-order chi connectivity index (χ1) is 14.8. The van der Waals surface area contributed by atoms with Gasteiger partial charge in [0.15, 0.2) is 0 Å². The molecule has 0 aliphatic rings. The standard InChI is InChI=1S/C19H19F3N4O5S/c1-11(23-12(2)27)17(28)24-25-18(29)13-5-3-8-16(9-13)32(30,31)26-15-7-4-6-14(10-15)19(20,21)22/h3-11,26H,1-2H3,(H,23,27)(H,24,28)(H,25,29). The molecule has 0 aliphatic heterocycles. The number of hydrogen-bond donors (Lipinski definition) is 4. The first-order valence-electron chi connectivity index (χ1n) is 8.97. The highest BCUT2D eigenvalue weighted by Gasteiger charge is 2.30. The van der Waals surface area contributed by atoms with Crippen LogP contribution in [0.15, 0.2) is 53.4 Å². The van der Waals surface area contributed by atoms with Crippen molar-refractivity contribution in [2.45, 2.75) is 31.0 Å². The molecule has 1 atom stereocenters. The van der Waals surface area contributed by atoms with Crippen molar-refractivity contribution in [2.24, 2.45) is 0 Å². The normalized spacial score (nSPS) is 12.4. The average Bonchev–Trinajstić information content (AvgIpc) is 2.70. The Morgan fingerprint density at radius 1 is 0.969 bits per heavy atom. The molecule has 0 saturated heterocycles. The Hall–Kier alpha value is -3.61. The predicted octanol–water partition coefficient (Wildman–Crippen LogP) is 1.79. The largest absolute Gasteiger partial charge is 0.416 e. The van der Waals surface area contributed by atoms with Crippen molar-refractivity contribution in [3.8, 4) is 0 Å². The molecule has 3 amide bonds. The SMILES string of the molecule is CC(=O)NC(C)C(=O)NNC(=O)c1cccc(S(=O)(=O)Nc2cccc(C(F)(F)F)c2)c1. The maximum atomic E-state index is 12.8. The molecule has 2 aromatic carbocycles. The minimum Gasteiger partial charge on any atom is -0.345 e. The van der Waals surface area contributed by atoms with Crippen LogP contribution in [0.5, 0.6) is 0 Å². The number of halogens is 3. The van der Waals surface area contributed by atoms with Gasteiger partial charge in [0.25, 0.3) is 21.8 Å².